The van der Waals surface area contributed by atoms with Crippen LogP contribution in [0.15, 0.2) is 78.9 Å². The minimum absolute atomic E-state index is 0.221. The van der Waals surface area contributed by atoms with Crippen molar-refractivity contribution in [1.82, 2.24) is 9.97 Å². The molecule has 0 radical (unpaired) electrons. The van der Waals surface area contributed by atoms with Gasteiger partial charge in [-0.15, -0.1) is 0 Å². The number of hydrogen-bond donors (Lipinski definition) is 1. The molecule has 0 atom stereocenters. The van der Waals surface area contributed by atoms with Gasteiger partial charge in [-0.1, -0.05) is 42.5 Å². The summed E-state index contributed by atoms with van der Waals surface area (Å²) in [5.41, 5.74) is 7.84. The number of anilines is 1. The van der Waals surface area contributed by atoms with Gasteiger partial charge in [0, 0.05) is 5.39 Å². The monoisotopic (exact) mass is 343 g/mol. The number of para-hydroxylation sites is 1. The SMILES string of the molecule is Nc1nc(Oc2ccc(OCc3ccccc3)cc2)nc2ccccc12. The molecule has 1 heterocycles. The van der Waals surface area contributed by atoms with E-state index in [-0.39, 0.29) is 6.01 Å². The first-order valence-corrected chi connectivity index (χ1v) is 8.25. The predicted molar refractivity (Wildman–Crippen MR) is 101 cm³/mol. The maximum atomic E-state index is 5.98. The van der Waals surface area contributed by atoms with Gasteiger partial charge in [0.25, 0.3) is 0 Å². The topological polar surface area (TPSA) is 70.3 Å². The quantitative estimate of drug-likeness (QED) is 0.574. The van der Waals surface area contributed by atoms with Crippen LogP contribution in [0.5, 0.6) is 17.5 Å². The molecule has 0 aliphatic carbocycles. The Morgan fingerprint density at radius 2 is 1.42 bits per heavy atom. The standard InChI is InChI=1S/C21H17N3O2/c22-20-18-8-4-5-9-19(18)23-21(24-20)26-17-12-10-16(11-13-17)25-14-15-6-2-1-3-7-15/h1-13H,14H2,(H2,22,23,24). The minimum atomic E-state index is 0.221. The van der Waals surface area contributed by atoms with Crippen molar-refractivity contribution in [1.29, 1.82) is 0 Å². The van der Waals surface area contributed by atoms with E-state index in [4.69, 9.17) is 15.2 Å². The molecule has 1 aromatic heterocycles. The number of nitrogens with two attached hydrogens (primary N) is 1. The first kappa shape index (κ1) is 15.9. The zero-order valence-electron chi connectivity index (χ0n) is 14.0. The summed E-state index contributed by atoms with van der Waals surface area (Å²) >= 11 is 0. The van der Waals surface area contributed by atoms with Crippen LogP contribution < -0.4 is 15.2 Å². The fraction of sp³-hybridized carbons (Fsp3) is 0.0476. The fourth-order valence-corrected chi connectivity index (χ4v) is 2.57. The second-order valence-electron chi connectivity index (χ2n) is 5.76. The van der Waals surface area contributed by atoms with Gasteiger partial charge in [0.15, 0.2) is 0 Å². The van der Waals surface area contributed by atoms with Crippen LogP contribution >= 0.6 is 0 Å². The van der Waals surface area contributed by atoms with E-state index in [1.165, 1.54) is 0 Å². The molecule has 0 saturated carbocycles. The maximum absolute atomic E-state index is 5.98. The molecule has 0 spiro atoms. The van der Waals surface area contributed by atoms with Crippen molar-refractivity contribution in [2.75, 3.05) is 5.73 Å². The Labute approximate surface area is 151 Å². The lowest BCUT2D eigenvalue weighted by Gasteiger charge is -2.09. The van der Waals surface area contributed by atoms with Gasteiger partial charge >= 0.3 is 6.01 Å². The van der Waals surface area contributed by atoms with Crippen LogP contribution in [0.4, 0.5) is 5.82 Å². The van der Waals surface area contributed by atoms with Crippen LogP contribution in [0, 0.1) is 0 Å². The van der Waals surface area contributed by atoms with Crippen molar-refractivity contribution in [3.05, 3.63) is 84.4 Å². The maximum Gasteiger partial charge on any atom is 0.324 e. The van der Waals surface area contributed by atoms with Crippen LogP contribution in [0.25, 0.3) is 10.9 Å². The van der Waals surface area contributed by atoms with E-state index in [0.717, 1.165) is 22.2 Å². The van der Waals surface area contributed by atoms with Crippen molar-refractivity contribution in [3.63, 3.8) is 0 Å². The van der Waals surface area contributed by atoms with Gasteiger partial charge in [0.2, 0.25) is 0 Å². The Morgan fingerprint density at radius 3 is 2.23 bits per heavy atom. The summed E-state index contributed by atoms with van der Waals surface area (Å²) in [5, 5.41) is 0.810. The van der Waals surface area contributed by atoms with Crippen molar-refractivity contribution in [3.8, 4) is 17.5 Å². The first-order chi connectivity index (χ1) is 12.8. The largest absolute Gasteiger partial charge is 0.489 e. The summed E-state index contributed by atoms with van der Waals surface area (Å²) in [4.78, 5) is 8.59. The number of ether oxygens (including phenoxy) is 2. The van der Waals surface area contributed by atoms with E-state index in [1.54, 1.807) is 0 Å². The smallest absolute Gasteiger partial charge is 0.324 e. The lowest BCUT2D eigenvalue weighted by Crippen LogP contribution is -1.98. The van der Waals surface area contributed by atoms with Crippen LogP contribution in [0.1, 0.15) is 5.56 Å². The van der Waals surface area contributed by atoms with E-state index < -0.39 is 0 Å². The number of nitrogens with zero attached hydrogens (tertiary/aromatic N) is 2. The number of aromatic nitrogens is 2. The Kier molecular flexibility index (Phi) is 4.35. The van der Waals surface area contributed by atoms with Crippen molar-refractivity contribution < 1.29 is 9.47 Å². The highest BCUT2D eigenvalue weighted by molar-refractivity contribution is 5.88. The second kappa shape index (κ2) is 7.11. The molecule has 0 unspecified atom stereocenters. The van der Waals surface area contributed by atoms with Gasteiger partial charge in [-0.2, -0.15) is 9.97 Å². The summed E-state index contributed by atoms with van der Waals surface area (Å²) in [7, 11) is 0. The third-order valence-corrected chi connectivity index (χ3v) is 3.89. The van der Waals surface area contributed by atoms with Crippen LogP contribution in [-0.2, 0) is 6.61 Å². The van der Waals surface area contributed by atoms with Crippen LogP contribution in [0.2, 0.25) is 0 Å². The molecule has 26 heavy (non-hydrogen) atoms. The van der Waals surface area contributed by atoms with E-state index in [2.05, 4.69) is 9.97 Å². The van der Waals surface area contributed by atoms with Gasteiger partial charge in [0.05, 0.1) is 5.52 Å². The van der Waals surface area contributed by atoms with E-state index >= 15 is 0 Å². The summed E-state index contributed by atoms with van der Waals surface area (Å²) in [6.45, 7) is 0.519. The Hall–Kier alpha value is -3.60. The molecular weight excluding hydrogens is 326 g/mol. The van der Waals surface area contributed by atoms with Crippen molar-refractivity contribution >= 4 is 16.7 Å². The molecule has 0 amide bonds. The number of fused-ring (bicyclic) bond motifs is 1. The molecule has 2 N–H and O–H groups in total. The number of rotatable bonds is 5. The predicted octanol–water partition coefficient (Wildman–Crippen LogP) is 4.58. The molecule has 128 valence electrons. The second-order valence-corrected chi connectivity index (χ2v) is 5.76. The van der Waals surface area contributed by atoms with Crippen LogP contribution in [-0.4, -0.2) is 9.97 Å². The molecule has 0 saturated heterocycles. The van der Waals surface area contributed by atoms with Crippen LogP contribution in [0.3, 0.4) is 0 Å². The van der Waals surface area contributed by atoms with Gasteiger partial charge < -0.3 is 15.2 Å². The highest BCUT2D eigenvalue weighted by Crippen LogP contribution is 2.25. The van der Waals surface area contributed by atoms with Crippen molar-refractivity contribution in [2.45, 2.75) is 6.61 Å². The Morgan fingerprint density at radius 1 is 0.731 bits per heavy atom. The summed E-state index contributed by atoms with van der Waals surface area (Å²) in [6, 6.07) is 25.1. The Balaban J connectivity index is 1.46. The molecule has 5 nitrogen and oxygen atoms in total. The minimum Gasteiger partial charge on any atom is -0.489 e. The van der Waals surface area contributed by atoms with Gasteiger partial charge in [-0.3, -0.25) is 0 Å². The molecular formula is C21H17N3O2. The third kappa shape index (κ3) is 3.57. The van der Waals surface area contributed by atoms with Crippen molar-refractivity contribution in [2.24, 2.45) is 0 Å². The summed E-state index contributed by atoms with van der Waals surface area (Å²) in [5.74, 6) is 1.78. The Bertz CT molecular complexity index is 1020. The highest BCUT2D eigenvalue weighted by Gasteiger charge is 2.07. The molecule has 0 aliphatic heterocycles. The zero-order valence-corrected chi connectivity index (χ0v) is 14.0. The lowest BCUT2D eigenvalue weighted by atomic mass is 10.2. The third-order valence-electron chi connectivity index (χ3n) is 3.89. The lowest BCUT2D eigenvalue weighted by molar-refractivity contribution is 0.305. The summed E-state index contributed by atoms with van der Waals surface area (Å²) in [6.07, 6.45) is 0. The number of nitrogen functional groups attached to an aromatic ring is 1. The average molecular weight is 343 g/mol. The molecule has 4 aromatic rings. The number of benzene rings is 3. The number of hydrogen-bond acceptors (Lipinski definition) is 5. The van der Waals surface area contributed by atoms with Gasteiger partial charge in [-0.05, 0) is 42.0 Å². The van der Waals surface area contributed by atoms with E-state index in [0.29, 0.717) is 18.2 Å². The summed E-state index contributed by atoms with van der Waals surface area (Å²) < 4.78 is 11.5. The molecule has 0 fully saturated rings. The first-order valence-electron chi connectivity index (χ1n) is 8.25. The highest BCUT2D eigenvalue weighted by atomic mass is 16.5. The normalized spacial score (nSPS) is 10.6. The van der Waals surface area contributed by atoms with E-state index in [1.807, 2.05) is 78.9 Å². The molecule has 0 bridgehead atoms. The van der Waals surface area contributed by atoms with Gasteiger partial charge in [0.1, 0.15) is 23.9 Å². The zero-order chi connectivity index (χ0) is 17.8. The fourth-order valence-electron chi connectivity index (χ4n) is 2.57. The molecule has 3 aromatic carbocycles. The van der Waals surface area contributed by atoms with Gasteiger partial charge in [-0.25, -0.2) is 0 Å². The van der Waals surface area contributed by atoms with E-state index in [9.17, 15) is 0 Å². The molecule has 5 heteroatoms. The average Bonchev–Trinajstić information content (AvgIpc) is 2.68. The molecule has 4 rings (SSSR count). The molecule has 0 aliphatic rings.